The number of hydrogen-bond donors (Lipinski definition) is 1. The summed E-state index contributed by atoms with van der Waals surface area (Å²) < 4.78 is 19.9. The molecule has 4 rings (SSSR count). The number of ether oxygens (including phenoxy) is 1. The number of carbonyl (C=O) groups is 1. The quantitative estimate of drug-likeness (QED) is 0.301. The number of carbonyl (C=O) groups excluding carboxylic acids is 1. The molecule has 0 aliphatic heterocycles. The first-order chi connectivity index (χ1) is 15.7. The zero-order valence-corrected chi connectivity index (χ0v) is 17.1. The maximum atomic E-state index is 13.8. The van der Waals surface area contributed by atoms with Crippen LogP contribution >= 0.6 is 0 Å². The normalized spacial score (nSPS) is 11.1. The van der Waals surface area contributed by atoms with E-state index in [0.717, 1.165) is 16.3 Å². The van der Waals surface area contributed by atoms with Gasteiger partial charge in [0.15, 0.2) is 0 Å². The van der Waals surface area contributed by atoms with Gasteiger partial charge in [-0.05, 0) is 40.6 Å². The molecule has 0 aromatic heterocycles. The lowest BCUT2D eigenvalue weighted by Crippen LogP contribution is -2.14. The Labute approximate surface area is 185 Å². The van der Waals surface area contributed by atoms with Crippen molar-refractivity contribution in [2.45, 2.75) is 6.61 Å². The fourth-order valence-electron chi connectivity index (χ4n) is 3.36. The zero-order chi connectivity index (χ0) is 22.3. The summed E-state index contributed by atoms with van der Waals surface area (Å²) in [6, 6.07) is 28.9. The van der Waals surface area contributed by atoms with Crippen molar-refractivity contribution in [2.24, 2.45) is 0 Å². The van der Waals surface area contributed by atoms with Gasteiger partial charge < -0.3 is 10.1 Å². The summed E-state index contributed by atoms with van der Waals surface area (Å²) in [6.45, 7) is 0.329. The molecule has 0 fully saturated rings. The van der Waals surface area contributed by atoms with Crippen LogP contribution in [-0.2, 0) is 11.4 Å². The molecule has 0 aliphatic carbocycles. The highest BCUT2D eigenvalue weighted by molar-refractivity contribution is 6.09. The number of hydrogen-bond acceptors (Lipinski definition) is 3. The Morgan fingerprint density at radius 2 is 1.66 bits per heavy atom. The predicted octanol–water partition coefficient (Wildman–Crippen LogP) is 6.10. The van der Waals surface area contributed by atoms with Gasteiger partial charge in [0.05, 0.1) is 5.69 Å². The van der Waals surface area contributed by atoms with Crippen molar-refractivity contribution in [2.75, 3.05) is 5.32 Å². The number of anilines is 1. The van der Waals surface area contributed by atoms with Crippen molar-refractivity contribution < 1.29 is 13.9 Å². The molecular weight excluding hydrogens is 403 g/mol. The maximum absolute atomic E-state index is 13.8. The van der Waals surface area contributed by atoms with Crippen LogP contribution in [-0.4, -0.2) is 5.91 Å². The van der Waals surface area contributed by atoms with Crippen LogP contribution in [0, 0.1) is 17.1 Å². The SMILES string of the molecule is N#C/C(=C/c1ccccc1OCc1cccc2ccccc12)C(=O)Nc1ccccc1F. The highest BCUT2D eigenvalue weighted by Gasteiger charge is 2.13. The van der Waals surface area contributed by atoms with Crippen molar-refractivity contribution in [3.63, 3.8) is 0 Å². The summed E-state index contributed by atoms with van der Waals surface area (Å²) in [7, 11) is 0. The lowest BCUT2D eigenvalue weighted by Gasteiger charge is -2.12. The molecule has 4 nitrogen and oxygen atoms in total. The van der Waals surface area contributed by atoms with E-state index in [9.17, 15) is 14.4 Å². The first-order valence-corrected chi connectivity index (χ1v) is 10.0. The van der Waals surface area contributed by atoms with Crippen molar-refractivity contribution >= 4 is 28.4 Å². The molecule has 32 heavy (non-hydrogen) atoms. The van der Waals surface area contributed by atoms with Crippen LogP contribution in [0.1, 0.15) is 11.1 Å². The van der Waals surface area contributed by atoms with Crippen molar-refractivity contribution in [1.82, 2.24) is 0 Å². The first kappa shape index (κ1) is 20.8. The standard InChI is InChI=1S/C27H19FN2O2/c28-24-13-4-5-14-25(24)30-27(31)22(17-29)16-20-9-2-6-15-26(20)32-18-21-11-7-10-19-8-1-3-12-23(19)21/h1-16H,18H2,(H,30,31)/b22-16-. The molecule has 4 aromatic carbocycles. The second kappa shape index (κ2) is 9.59. The van der Waals surface area contributed by atoms with Gasteiger partial charge in [-0.3, -0.25) is 4.79 Å². The molecule has 0 spiro atoms. The summed E-state index contributed by atoms with van der Waals surface area (Å²) in [5.41, 5.74) is 1.46. The Hall–Kier alpha value is -4.43. The van der Waals surface area contributed by atoms with Gasteiger partial charge in [0, 0.05) is 5.56 Å². The molecule has 156 valence electrons. The van der Waals surface area contributed by atoms with E-state index in [1.165, 1.54) is 24.3 Å². The molecule has 0 bridgehead atoms. The topological polar surface area (TPSA) is 62.1 Å². The second-order valence-corrected chi connectivity index (χ2v) is 7.07. The minimum Gasteiger partial charge on any atom is -0.488 e. The van der Waals surface area contributed by atoms with Crippen LogP contribution in [0.15, 0.2) is 96.6 Å². The van der Waals surface area contributed by atoms with Crippen LogP contribution < -0.4 is 10.1 Å². The Morgan fingerprint density at radius 3 is 2.50 bits per heavy atom. The summed E-state index contributed by atoms with van der Waals surface area (Å²) in [4.78, 5) is 12.5. The molecule has 1 N–H and O–H groups in total. The lowest BCUT2D eigenvalue weighted by molar-refractivity contribution is -0.112. The molecule has 1 amide bonds. The number of nitrogens with one attached hydrogen (secondary N) is 1. The number of amides is 1. The Morgan fingerprint density at radius 1 is 0.938 bits per heavy atom. The van der Waals surface area contributed by atoms with Crippen LogP contribution in [0.25, 0.3) is 16.8 Å². The number of halogens is 1. The fraction of sp³-hybridized carbons (Fsp3) is 0.0370. The van der Waals surface area contributed by atoms with Gasteiger partial charge in [-0.2, -0.15) is 5.26 Å². The zero-order valence-electron chi connectivity index (χ0n) is 17.1. The summed E-state index contributed by atoms with van der Waals surface area (Å²) in [5.74, 6) is -0.731. The number of para-hydroxylation sites is 2. The molecular formula is C27H19FN2O2. The van der Waals surface area contributed by atoms with Gasteiger partial charge in [0.25, 0.3) is 5.91 Å². The van der Waals surface area contributed by atoms with Crippen molar-refractivity contribution in [1.29, 1.82) is 5.26 Å². The van der Waals surface area contributed by atoms with E-state index in [1.54, 1.807) is 24.3 Å². The second-order valence-electron chi connectivity index (χ2n) is 7.07. The highest BCUT2D eigenvalue weighted by Crippen LogP contribution is 2.25. The third-order valence-electron chi connectivity index (χ3n) is 4.97. The van der Waals surface area contributed by atoms with Gasteiger partial charge in [-0.25, -0.2) is 4.39 Å². The highest BCUT2D eigenvalue weighted by atomic mass is 19.1. The molecule has 0 atom stereocenters. The van der Waals surface area contributed by atoms with Crippen molar-refractivity contribution in [3.05, 3.63) is 114 Å². The van der Waals surface area contributed by atoms with E-state index in [1.807, 2.05) is 54.6 Å². The van der Waals surface area contributed by atoms with Crippen molar-refractivity contribution in [3.8, 4) is 11.8 Å². The van der Waals surface area contributed by atoms with E-state index in [4.69, 9.17) is 4.74 Å². The smallest absolute Gasteiger partial charge is 0.266 e. The van der Waals surface area contributed by atoms with Crippen LogP contribution in [0.2, 0.25) is 0 Å². The summed E-state index contributed by atoms with van der Waals surface area (Å²) in [5, 5.41) is 14.2. The Bertz CT molecular complexity index is 1350. The molecule has 5 heteroatoms. The van der Waals surface area contributed by atoms with E-state index < -0.39 is 11.7 Å². The van der Waals surface area contributed by atoms with E-state index >= 15 is 0 Å². The predicted molar refractivity (Wildman–Crippen MR) is 123 cm³/mol. The van der Waals surface area contributed by atoms with Crippen LogP contribution in [0.4, 0.5) is 10.1 Å². The molecule has 0 radical (unpaired) electrons. The maximum Gasteiger partial charge on any atom is 0.266 e. The molecule has 0 aliphatic rings. The van der Waals surface area contributed by atoms with E-state index in [0.29, 0.717) is 17.9 Å². The van der Waals surface area contributed by atoms with Gasteiger partial charge in [-0.15, -0.1) is 0 Å². The van der Waals surface area contributed by atoms with Gasteiger partial charge in [0.1, 0.15) is 29.8 Å². The lowest BCUT2D eigenvalue weighted by atomic mass is 10.1. The average molecular weight is 422 g/mol. The number of nitriles is 1. The van der Waals surface area contributed by atoms with Gasteiger partial charge >= 0.3 is 0 Å². The first-order valence-electron chi connectivity index (χ1n) is 10.0. The number of benzene rings is 4. The van der Waals surface area contributed by atoms with E-state index in [2.05, 4.69) is 5.32 Å². The molecule has 0 unspecified atom stereocenters. The summed E-state index contributed by atoms with van der Waals surface area (Å²) in [6.07, 6.45) is 1.44. The Balaban J connectivity index is 1.57. The molecule has 0 heterocycles. The fourth-order valence-corrected chi connectivity index (χ4v) is 3.36. The average Bonchev–Trinajstić information content (AvgIpc) is 2.83. The van der Waals surface area contributed by atoms with E-state index in [-0.39, 0.29) is 11.3 Å². The Kier molecular flexibility index (Phi) is 6.24. The number of nitrogens with zero attached hydrogens (tertiary/aromatic N) is 1. The molecule has 0 saturated carbocycles. The van der Waals surface area contributed by atoms with Crippen LogP contribution in [0.3, 0.4) is 0 Å². The number of fused-ring (bicyclic) bond motifs is 1. The third kappa shape index (κ3) is 4.66. The number of rotatable bonds is 6. The summed E-state index contributed by atoms with van der Waals surface area (Å²) >= 11 is 0. The minimum absolute atomic E-state index is 0.0131. The molecule has 4 aromatic rings. The molecule has 0 saturated heterocycles. The van der Waals surface area contributed by atoms with Crippen LogP contribution in [0.5, 0.6) is 5.75 Å². The van der Waals surface area contributed by atoms with Gasteiger partial charge in [-0.1, -0.05) is 72.8 Å². The largest absolute Gasteiger partial charge is 0.488 e. The third-order valence-corrected chi connectivity index (χ3v) is 4.97. The minimum atomic E-state index is -0.693. The van der Waals surface area contributed by atoms with Gasteiger partial charge in [0.2, 0.25) is 0 Å². The monoisotopic (exact) mass is 422 g/mol.